The van der Waals surface area contributed by atoms with Crippen molar-refractivity contribution in [2.75, 3.05) is 5.32 Å². The molecular formula is C15H24N2O2. The molecule has 0 aliphatic heterocycles. The summed E-state index contributed by atoms with van der Waals surface area (Å²) in [7, 11) is 0. The third-order valence-corrected chi connectivity index (χ3v) is 3.14. The third kappa shape index (κ3) is 3.96. The maximum atomic E-state index is 11.9. The zero-order chi connectivity index (χ0) is 14.8. The number of carbonyl (C=O) groups is 1. The van der Waals surface area contributed by atoms with Gasteiger partial charge in [0.25, 0.3) is 0 Å². The highest BCUT2D eigenvalue weighted by Gasteiger charge is 2.20. The first-order valence-corrected chi connectivity index (χ1v) is 6.53. The van der Waals surface area contributed by atoms with Crippen molar-refractivity contribution in [3.05, 3.63) is 23.8 Å². The second-order valence-electron chi connectivity index (χ2n) is 6.24. The summed E-state index contributed by atoms with van der Waals surface area (Å²) in [5.41, 5.74) is 7.19. The van der Waals surface area contributed by atoms with Crippen LogP contribution in [0, 0.1) is 5.92 Å². The molecule has 1 aromatic rings. The van der Waals surface area contributed by atoms with Gasteiger partial charge < -0.3 is 16.2 Å². The minimum absolute atomic E-state index is 0.0483. The molecule has 106 valence electrons. The monoisotopic (exact) mass is 264 g/mol. The van der Waals surface area contributed by atoms with E-state index >= 15 is 0 Å². The Hall–Kier alpha value is -1.55. The van der Waals surface area contributed by atoms with Crippen molar-refractivity contribution < 1.29 is 9.90 Å². The van der Waals surface area contributed by atoms with Gasteiger partial charge in [-0.05, 0) is 29.0 Å². The smallest absolute Gasteiger partial charge is 0.241 e. The van der Waals surface area contributed by atoms with Crippen LogP contribution in [0.5, 0.6) is 5.75 Å². The van der Waals surface area contributed by atoms with Crippen LogP contribution in [0.15, 0.2) is 18.2 Å². The number of anilines is 1. The van der Waals surface area contributed by atoms with Crippen molar-refractivity contribution >= 4 is 11.6 Å². The lowest BCUT2D eigenvalue weighted by Gasteiger charge is -2.21. The van der Waals surface area contributed by atoms with Crippen LogP contribution >= 0.6 is 0 Å². The fourth-order valence-corrected chi connectivity index (χ4v) is 1.62. The van der Waals surface area contributed by atoms with Gasteiger partial charge in [0.15, 0.2) is 0 Å². The molecule has 0 unspecified atom stereocenters. The Morgan fingerprint density at radius 3 is 2.37 bits per heavy atom. The van der Waals surface area contributed by atoms with Crippen molar-refractivity contribution in [3.63, 3.8) is 0 Å². The van der Waals surface area contributed by atoms with E-state index in [2.05, 4.69) is 26.1 Å². The molecule has 1 atom stereocenters. The van der Waals surface area contributed by atoms with Gasteiger partial charge >= 0.3 is 0 Å². The predicted molar refractivity (Wildman–Crippen MR) is 78.2 cm³/mol. The standard InChI is InChI=1S/C15H24N2O2/c1-9(2)13(16)14(19)17-11-8-10(15(3,4)5)6-7-12(11)18/h6-9,13,18H,16H2,1-5H3,(H,17,19)/t13-/m0/s1. The molecule has 0 fully saturated rings. The number of amides is 1. The van der Waals surface area contributed by atoms with Crippen LogP contribution in [-0.4, -0.2) is 17.1 Å². The number of carbonyl (C=O) groups excluding carboxylic acids is 1. The Labute approximate surface area is 115 Å². The Kier molecular flexibility index (Phi) is 4.58. The van der Waals surface area contributed by atoms with Gasteiger partial charge in [-0.15, -0.1) is 0 Å². The van der Waals surface area contributed by atoms with Crippen LogP contribution in [0.3, 0.4) is 0 Å². The van der Waals surface area contributed by atoms with Crippen LogP contribution in [0.4, 0.5) is 5.69 Å². The van der Waals surface area contributed by atoms with Gasteiger partial charge in [0.1, 0.15) is 5.75 Å². The van der Waals surface area contributed by atoms with Crippen molar-refractivity contribution in [1.29, 1.82) is 0 Å². The van der Waals surface area contributed by atoms with E-state index in [1.54, 1.807) is 12.1 Å². The summed E-state index contributed by atoms with van der Waals surface area (Å²) in [5, 5.41) is 12.5. The number of hydrogen-bond donors (Lipinski definition) is 3. The van der Waals surface area contributed by atoms with Crippen LogP contribution in [0.25, 0.3) is 0 Å². The molecule has 4 nitrogen and oxygen atoms in total. The number of phenols is 1. The molecule has 1 rings (SSSR count). The summed E-state index contributed by atoms with van der Waals surface area (Å²) in [5.74, 6) is -0.179. The zero-order valence-electron chi connectivity index (χ0n) is 12.3. The lowest BCUT2D eigenvalue weighted by Crippen LogP contribution is -2.39. The molecule has 1 amide bonds. The Bertz CT molecular complexity index is 462. The molecule has 0 heterocycles. The molecule has 0 spiro atoms. The number of hydrogen-bond acceptors (Lipinski definition) is 3. The molecular weight excluding hydrogens is 240 g/mol. The topological polar surface area (TPSA) is 75.4 Å². The Morgan fingerprint density at radius 2 is 1.89 bits per heavy atom. The van der Waals surface area contributed by atoms with Gasteiger partial charge in [-0.2, -0.15) is 0 Å². The number of rotatable bonds is 3. The number of phenolic OH excluding ortho intramolecular Hbond substituents is 1. The second kappa shape index (κ2) is 5.61. The SMILES string of the molecule is CC(C)[C@H](N)C(=O)Nc1cc(C(C)(C)C)ccc1O. The summed E-state index contributed by atoms with van der Waals surface area (Å²) in [6, 6.07) is 4.66. The molecule has 0 radical (unpaired) electrons. The average molecular weight is 264 g/mol. The molecule has 19 heavy (non-hydrogen) atoms. The van der Waals surface area contributed by atoms with E-state index in [0.717, 1.165) is 5.56 Å². The fraction of sp³-hybridized carbons (Fsp3) is 0.533. The van der Waals surface area contributed by atoms with E-state index in [1.165, 1.54) is 0 Å². The lowest BCUT2D eigenvalue weighted by atomic mass is 9.87. The van der Waals surface area contributed by atoms with Crippen molar-refractivity contribution in [2.24, 2.45) is 11.7 Å². The summed E-state index contributed by atoms with van der Waals surface area (Å²) >= 11 is 0. The average Bonchev–Trinajstić information content (AvgIpc) is 2.29. The molecule has 1 aromatic carbocycles. The quantitative estimate of drug-likeness (QED) is 0.735. The summed E-state index contributed by atoms with van der Waals surface area (Å²) in [4.78, 5) is 11.9. The van der Waals surface area contributed by atoms with Crippen LogP contribution in [0.2, 0.25) is 0 Å². The Balaban J connectivity index is 2.98. The third-order valence-electron chi connectivity index (χ3n) is 3.14. The molecule has 4 N–H and O–H groups in total. The molecule has 0 aliphatic rings. The van der Waals surface area contributed by atoms with Crippen molar-refractivity contribution in [2.45, 2.75) is 46.1 Å². The number of nitrogens with one attached hydrogen (secondary N) is 1. The Morgan fingerprint density at radius 1 is 1.32 bits per heavy atom. The summed E-state index contributed by atoms with van der Waals surface area (Å²) < 4.78 is 0. The van der Waals surface area contributed by atoms with Crippen molar-refractivity contribution in [1.82, 2.24) is 0 Å². The van der Waals surface area contributed by atoms with E-state index in [-0.39, 0.29) is 23.0 Å². The van der Waals surface area contributed by atoms with Crippen LogP contribution < -0.4 is 11.1 Å². The molecule has 4 heteroatoms. The van der Waals surface area contributed by atoms with E-state index in [9.17, 15) is 9.90 Å². The molecule has 0 aliphatic carbocycles. The van der Waals surface area contributed by atoms with E-state index in [0.29, 0.717) is 5.69 Å². The van der Waals surface area contributed by atoms with Gasteiger partial charge in [-0.25, -0.2) is 0 Å². The van der Waals surface area contributed by atoms with Crippen LogP contribution in [0.1, 0.15) is 40.2 Å². The van der Waals surface area contributed by atoms with Crippen LogP contribution in [-0.2, 0) is 10.2 Å². The minimum atomic E-state index is -0.585. The highest BCUT2D eigenvalue weighted by atomic mass is 16.3. The first-order valence-electron chi connectivity index (χ1n) is 6.53. The summed E-state index contributed by atoms with van der Waals surface area (Å²) in [6.07, 6.45) is 0. The number of benzene rings is 1. The first-order chi connectivity index (χ1) is 8.62. The minimum Gasteiger partial charge on any atom is -0.506 e. The first kappa shape index (κ1) is 15.5. The zero-order valence-corrected chi connectivity index (χ0v) is 12.3. The summed E-state index contributed by atoms with van der Waals surface area (Å²) in [6.45, 7) is 9.99. The van der Waals surface area contributed by atoms with Gasteiger partial charge in [-0.3, -0.25) is 4.79 Å². The van der Waals surface area contributed by atoms with E-state index in [1.807, 2.05) is 19.9 Å². The molecule has 0 bridgehead atoms. The van der Waals surface area contributed by atoms with Gasteiger partial charge in [0, 0.05) is 0 Å². The maximum absolute atomic E-state index is 11.9. The van der Waals surface area contributed by atoms with Gasteiger partial charge in [0.2, 0.25) is 5.91 Å². The molecule has 0 saturated heterocycles. The second-order valence-corrected chi connectivity index (χ2v) is 6.24. The normalized spacial score (nSPS) is 13.4. The number of nitrogens with two attached hydrogens (primary N) is 1. The maximum Gasteiger partial charge on any atom is 0.241 e. The fourth-order valence-electron chi connectivity index (χ4n) is 1.62. The largest absolute Gasteiger partial charge is 0.506 e. The van der Waals surface area contributed by atoms with E-state index in [4.69, 9.17) is 5.73 Å². The predicted octanol–water partition coefficient (Wildman–Crippen LogP) is 2.61. The lowest BCUT2D eigenvalue weighted by molar-refractivity contribution is -0.118. The highest BCUT2D eigenvalue weighted by Crippen LogP contribution is 2.30. The van der Waals surface area contributed by atoms with Crippen molar-refractivity contribution in [3.8, 4) is 5.75 Å². The molecule has 0 aromatic heterocycles. The van der Waals surface area contributed by atoms with Gasteiger partial charge in [0.05, 0.1) is 11.7 Å². The molecule has 0 saturated carbocycles. The highest BCUT2D eigenvalue weighted by molar-refractivity contribution is 5.96. The van der Waals surface area contributed by atoms with Gasteiger partial charge in [-0.1, -0.05) is 40.7 Å². The number of aromatic hydroxyl groups is 1. The van der Waals surface area contributed by atoms with E-state index < -0.39 is 6.04 Å².